The zero-order valence-corrected chi connectivity index (χ0v) is 10.3. The van der Waals surface area contributed by atoms with E-state index in [0.717, 1.165) is 5.56 Å². The van der Waals surface area contributed by atoms with Crippen LogP contribution in [0.5, 0.6) is 0 Å². The number of carbonyl (C=O) groups excluding carboxylic acids is 1. The van der Waals surface area contributed by atoms with E-state index >= 15 is 0 Å². The van der Waals surface area contributed by atoms with Crippen LogP contribution in [0.1, 0.15) is 26.3 Å². The summed E-state index contributed by atoms with van der Waals surface area (Å²) in [6, 6.07) is 8.38. The summed E-state index contributed by atoms with van der Waals surface area (Å²) >= 11 is 0. The third-order valence-electron chi connectivity index (χ3n) is 2.58. The molecule has 0 fully saturated rings. The number of benzene rings is 1. The van der Waals surface area contributed by atoms with Crippen molar-refractivity contribution in [1.82, 2.24) is 4.98 Å². The van der Waals surface area contributed by atoms with Gasteiger partial charge in [0.2, 0.25) is 0 Å². The lowest BCUT2D eigenvalue weighted by Gasteiger charge is -2.08. The first-order chi connectivity index (χ1) is 9.08. The second-order valence-corrected chi connectivity index (χ2v) is 4.05. The molecule has 2 aromatic rings. The number of pyridine rings is 1. The topological polar surface area (TPSA) is 79.3 Å². The second kappa shape index (κ2) is 5.30. The molecular weight excluding hydrogens is 244 g/mol. The first kappa shape index (κ1) is 12.8. The van der Waals surface area contributed by atoms with Crippen molar-refractivity contribution < 1.29 is 14.7 Å². The first-order valence-electron chi connectivity index (χ1n) is 5.63. The molecule has 19 heavy (non-hydrogen) atoms. The summed E-state index contributed by atoms with van der Waals surface area (Å²) in [4.78, 5) is 26.8. The largest absolute Gasteiger partial charge is 0.478 e. The van der Waals surface area contributed by atoms with Crippen LogP contribution < -0.4 is 5.32 Å². The maximum absolute atomic E-state index is 12.0. The van der Waals surface area contributed by atoms with Crippen molar-refractivity contribution in [2.45, 2.75) is 6.92 Å². The van der Waals surface area contributed by atoms with Crippen molar-refractivity contribution in [3.05, 3.63) is 59.4 Å². The highest BCUT2D eigenvalue weighted by atomic mass is 16.4. The Labute approximate surface area is 109 Å². The number of aromatic nitrogens is 1. The van der Waals surface area contributed by atoms with Gasteiger partial charge in [-0.05, 0) is 25.1 Å². The SMILES string of the molecule is Cc1cccc(C(=O)Nc2cnccc2C(=O)O)c1. The molecule has 1 aromatic heterocycles. The van der Waals surface area contributed by atoms with Crippen molar-refractivity contribution in [1.29, 1.82) is 0 Å². The van der Waals surface area contributed by atoms with Crippen LogP contribution in [0.15, 0.2) is 42.7 Å². The Balaban J connectivity index is 2.27. The highest BCUT2D eigenvalue weighted by Crippen LogP contribution is 2.15. The van der Waals surface area contributed by atoms with Crippen LogP contribution in [0, 0.1) is 6.92 Å². The minimum Gasteiger partial charge on any atom is -0.478 e. The Hall–Kier alpha value is -2.69. The van der Waals surface area contributed by atoms with Gasteiger partial charge in [-0.1, -0.05) is 17.7 Å². The molecule has 0 aliphatic rings. The fourth-order valence-corrected chi connectivity index (χ4v) is 1.66. The maximum Gasteiger partial charge on any atom is 0.337 e. The van der Waals surface area contributed by atoms with Gasteiger partial charge in [0.05, 0.1) is 17.4 Å². The Morgan fingerprint density at radius 1 is 1.26 bits per heavy atom. The van der Waals surface area contributed by atoms with Crippen molar-refractivity contribution >= 4 is 17.6 Å². The second-order valence-electron chi connectivity index (χ2n) is 4.05. The molecule has 5 heteroatoms. The molecule has 0 aliphatic heterocycles. The molecule has 0 radical (unpaired) electrons. The molecule has 0 unspecified atom stereocenters. The molecular formula is C14H12N2O3. The van der Waals surface area contributed by atoms with Crippen LogP contribution in [0.3, 0.4) is 0 Å². The van der Waals surface area contributed by atoms with Crippen LogP contribution in [0.2, 0.25) is 0 Å². The van der Waals surface area contributed by atoms with E-state index in [1.54, 1.807) is 18.2 Å². The Kier molecular flexibility index (Phi) is 3.56. The predicted molar refractivity (Wildman–Crippen MR) is 70.3 cm³/mol. The summed E-state index contributed by atoms with van der Waals surface area (Å²) in [5, 5.41) is 11.6. The van der Waals surface area contributed by atoms with Gasteiger partial charge in [-0.25, -0.2) is 4.79 Å². The standard InChI is InChI=1S/C14H12N2O3/c1-9-3-2-4-10(7-9)13(17)16-12-8-15-6-5-11(12)14(18)19/h2-8H,1H3,(H,16,17)(H,18,19). The van der Waals surface area contributed by atoms with Gasteiger partial charge in [-0.3, -0.25) is 9.78 Å². The lowest BCUT2D eigenvalue weighted by atomic mass is 10.1. The molecule has 0 spiro atoms. The minimum absolute atomic E-state index is 0.0102. The van der Waals surface area contributed by atoms with E-state index in [0.29, 0.717) is 5.56 Å². The minimum atomic E-state index is -1.11. The van der Waals surface area contributed by atoms with Gasteiger partial charge in [-0.2, -0.15) is 0 Å². The van der Waals surface area contributed by atoms with E-state index in [4.69, 9.17) is 5.11 Å². The maximum atomic E-state index is 12.0. The van der Waals surface area contributed by atoms with E-state index in [2.05, 4.69) is 10.3 Å². The number of rotatable bonds is 3. The fraction of sp³-hybridized carbons (Fsp3) is 0.0714. The summed E-state index contributed by atoms with van der Waals surface area (Å²) in [6.45, 7) is 1.88. The van der Waals surface area contributed by atoms with Crippen LogP contribution in [-0.4, -0.2) is 22.0 Å². The molecule has 0 aliphatic carbocycles. The van der Waals surface area contributed by atoms with E-state index in [1.807, 2.05) is 13.0 Å². The highest BCUT2D eigenvalue weighted by molar-refractivity contribution is 6.07. The van der Waals surface area contributed by atoms with Crippen LogP contribution in [0.25, 0.3) is 0 Å². The third kappa shape index (κ3) is 2.95. The average molecular weight is 256 g/mol. The van der Waals surface area contributed by atoms with E-state index < -0.39 is 5.97 Å². The van der Waals surface area contributed by atoms with Crippen molar-refractivity contribution in [3.8, 4) is 0 Å². The molecule has 2 N–H and O–H groups in total. The number of nitrogens with one attached hydrogen (secondary N) is 1. The number of nitrogens with zero attached hydrogens (tertiary/aromatic N) is 1. The van der Waals surface area contributed by atoms with Crippen LogP contribution >= 0.6 is 0 Å². The molecule has 1 heterocycles. The third-order valence-corrected chi connectivity index (χ3v) is 2.58. The van der Waals surface area contributed by atoms with Crippen molar-refractivity contribution in [3.63, 3.8) is 0 Å². The van der Waals surface area contributed by atoms with Gasteiger partial charge in [0, 0.05) is 11.8 Å². The van der Waals surface area contributed by atoms with Gasteiger partial charge in [0.15, 0.2) is 0 Å². The normalized spacial score (nSPS) is 9.95. The lowest BCUT2D eigenvalue weighted by Crippen LogP contribution is -2.15. The van der Waals surface area contributed by atoms with Crippen LogP contribution in [-0.2, 0) is 0 Å². The van der Waals surface area contributed by atoms with Gasteiger partial charge in [0.25, 0.3) is 5.91 Å². The molecule has 96 valence electrons. The number of carboxylic acid groups (broad SMARTS) is 1. The van der Waals surface area contributed by atoms with Crippen molar-refractivity contribution in [2.75, 3.05) is 5.32 Å². The molecule has 0 bridgehead atoms. The zero-order valence-electron chi connectivity index (χ0n) is 10.3. The summed E-state index contributed by atoms with van der Waals surface area (Å²) in [7, 11) is 0. The molecule has 0 saturated heterocycles. The van der Waals surface area contributed by atoms with Gasteiger partial charge in [0.1, 0.15) is 0 Å². The summed E-state index contributed by atoms with van der Waals surface area (Å²) in [5.74, 6) is -1.47. The lowest BCUT2D eigenvalue weighted by molar-refractivity contribution is 0.0698. The fourth-order valence-electron chi connectivity index (χ4n) is 1.66. The Bertz CT molecular complexity index is 638. The van der Waals surface area contributed by atoms with Crippen molar-refractivity contribution in [2.24, 2.45) is 0 Å². The number of carbonyl (C=O) groups is 2. The molecule has 1 aromatic carbocycles. The average Bonchev–Trinajstić information content (AvgIpc) is 2.39. The van der Waals surface area contributed by atoms with E-state index in [-0.39, 0.29) is 17.2 Å². The van der Waals surface area contributed by atoms with Gasteiger partial charge < -0.3 is 10.4 Å². The number of amides is 1. The number of carboxylic acids is 1. The van der Waals surface area contributed by atoms with E-state index in [1.165, 1.54) is 18.5 Å². The number of aromatic carboxylic acids is 1. The number of hydrogen-bond acceptors (Lipinski definition) is 3. The zero-order chi connectivity index (χ0) is 13.8. The molecule has 0 saturated carbocycles. The molecule has 2 rings (SSSR count). The monoisotopic (exact) mass is 256 g/mol. The van der Waals surface area contributed by atoms with E-state index in [9.17, 15) is 9.59 Å². The quantitative estimate of drug-likeness (QED) is 0.883. The van der Waals surface area contributed by atoms with Gasteiger partial charge in [-0.15, -0.1) is 0 Å². The number of aryl methyl sites for hydroxylation is 1. The summed E-state index contributed by atoms with van der Waals surface area (Å²) in [6.07, 6.45) is 2.68. The Morgan fingerprint density at radius 2 is 2.05 bits per heavy atom. The molecule has 5 nitrogen and oxygen atoms in total. The van der Waals surface area contributed by atoms with Gasteiger partial charge >= 0.3 is 5.97 Å². The number of hydrogen-bond donors (Lipinski definition) is 2. The smallest absolute Gasteiger partial charge is 0.337 e. The summed E-state index contributed by atoms with van der Waals surface area (Å²) < 4.78 is 0. The highest BCUT2D eigenvalue weighted by Gasteiger charge is 2.13. The first-order valence-corrected chi connectivity index (χ1v) is 5.63. The Morgan fingerprint density at radius 3 is 2.74 bits per heavy atom. The molecule has 0 atom stereocenters. The molecule has 1 amide bonds. The number of anilines is 1. The van der Waals surface area contributed by atoms with Crippen LogP contribution in [0.4, 0.5) is 5.69 Å². The summed E-state index contributed by atoms with van der Waals surface area (Å²) in [5.41, 5.74) is 1.62. The predicted octanol–water partition coefficient (Wildman–Crippen LogP) is 2.34.